The Morgan fingerprint density at radius 1 is 1.54 bits per heavy atom. The Kier molecular flexibility index (Phi) is 3.06. The van der Waals surface area contributed by atoms with Crippen molar-refractivity contribution in [2.45, 2.75) is 25.3 Å². The molecular weight excluding hydrogens is 362 g/mol. The van der Waals surface area contributed by atoms with E-state index < -0.39 is 60.5 Å². The lowest BCUT2D eigenvalue weighted by molar-refractivity contribution is -0.130. The van der Waals surface area contributed by atoms with Crippen molar-refractivity contribution in [1.29, 1.82) is 0 Å². The summed E-state index contributed by atoms with van der Waals surface area (Å²) in [5.41, 5.74) is -0.418. The van der Waals surface area contributed by atoms with Gasteiger partial charge >= 0.3 is 0 Å². The fraction of sp³-hybridized carbons (Fsp3) is 0.526. The second kappa shape index (κ2) is 8.92. The number of benzene rings is 1. The zero-order chi connectivity index (χ0) is 30.6. The molecule has 3 rings (SSSR count). The molecule has 0 bridgehead atoms. The second-order valence-corrected chi connectivity index (χ2v) is 5.59. The summed E-state index contributed by atoms with van der Waals surface area (Å²) >= 11 is 0. The Labute approximate surface area is 181 Å². The number of ether oxygens (including phenoxy) is 3. The molecule has 1 amide bonds. The summed E-state index contributed by atoms with van der Waals surface area (Å²) in [4.78, 5) is 21.1. The number of nitrogens with one attached hydrogen (secondary N) is 1. The smallest absolute Gasteiger partial charge is 0.249 e. The third kappa shape index (κ3) is 4.36. The molecule has 1 atom stereocenters. The Morgan fingerprint density at radius 2 is 2.32 bits per heavy atom. The maximum Gasteiger partial charge on any atom is 0.249 e. The monoisotopic (exact) mass is 401 g/mol. The second-order valence-electron chi connectivity index (χ2n) is 5.59. The minimum atomic E-state index is -3.71. The first-order valence-corrected chi connectivity index (χ1v) is 8.23. The summed E-state index contributed by atoms with van der Waals surface area (Å²) in [5, 5.41) is -0.756. The summed E-state index contributed by atoms with van der Waals surface area (Å²) < 4.78 is 114. The molecule has 1 aliphatic heterocycles. The lowest BCUT2D eigenvalue weighted by Crippen LogP contribution is -2.36. The highest BCUT2D eigenvalue weighted by Gasteiger charge is 2.22. The minimum absolute atomic E-state index is 0.00186. The van der Waals surface area contributed by atoms with Crippen LogP contribution in [-0.2, 0) is 9.53 Å². The molecule has 1 saturated heterocycles. The summed E-state index contributed by atoms with van der Waals surface area (Å²) in [5.74, 6) is -3.32. The van der Waals surface area contributed by atoms with Gasteiger partial charge in [-0.15, -0.1) is 0 Å². The van der Waals surface area contributed by atoms with Gasteiger partial charge in [0.1, 0.15) is 11.9 Å². The van der Waals surface area contributed by atoms with Crippen LogP contribution < -0.4 is 25.4 Å². The Morgan fingerprint density at radius 3 is 3.00 bits per heavy atom. The largest absolute Gasteiger partial charge is 0.493 e. The van der Waals surface area contributed by atoms with Crippen LogP contribution in [0.4, 0.5) is 11.8 Å². The third-order valence-electron chi connectivity index (χ3n) is 3.76. The van der Waals surface area contributed by atoms with Gasteiger partial charge in [0.2, 0.25) is 11.9 Å². The summed E-state index contributed by atoms with van der Waals surface area (Å²) in [6.45, 7) is -7.12. The van der Waals surface area contributed by atoms with Gasteiger partial charge < -0.3 is 30.1 Å². The van der Waals surface area contributed by atoms with Crippen molar-refractivity contribution in [2.75, 3.05) is 51.5 Å². The van der Waals surface area contributed by atoms with Crippen molar-refractivity contribution in [3.8, 4) is 11.5 Å². The van der Waals surface area contributed by atoms with E-state index in [9.17, 15) is 4.79 Å². The van der Waals surface area contributed by atoms with Crippen LogP contribution >= 0.6 is 0 Å². The van der Waals surface area contributed by atoms with Gasteiger partial charge in [0, 0.05) is 46.3 Å². The van der Waals surface area contributed by atoms with E-state index in [0.29, 0.717) is 4.90 Å². The Balaban J connectivity index is 2.16. The van der Waals surface area contributed by atoms with Crippen LogP contribution in [0.15, 0.2) is 12.1 Å². The van der Waals surface area contributed by atoms with E-state index in [4.69, 9.17) is 30.8 Å². The molecule has 1 unspecified atom stereocenters. The molecule has 0 radical (unpaired) electrons. The molecule has 9 heteroatoms. The number of nitrogens with two attached hydrogens (primary N) is 1. The quantitative estimate of drug-likeness (QED) is 0.648. The van der Waals surface area contributed by atoms with Crippen molar-refractivity contribution in [3.63, 3.8) is 0 Å². The predicted octanol–water partition coefficient (Wildman–Crippen LogP) is 1.35. The number of nitrogen functional groups attached to an aromatic ring is 1. The first-order chi connectivity index (χ1) is 18.3. The lowest BCUT2D eigenvalue weighted by Gasteiger charge is -2.19. The molecule has 2 aromatic rings. The van der Waals surface area contributed by atoms with E-state index in [1.54, 1.807) is 0 Å². The van der Waals surface area contributed by atoms with Gasteiger partial charge in [-0.1, -0.05) is 0 Å². The molecule has 1 aromatic heterocycles. The molecule has 0 spiro atoms. The molecule has 0 saturated carbocycles. The molecule has 0 aliphatic carbocycles. The minimum Gasteiger partial charge on any atom is -0.493 e. The third-order valence-corrected chi connectivity index (χ3v) is 3.76. The van der Waals surface area contributed by atoms with Crippen molar-refractivity contribution >= 4 is 28.6 Å². The van der Waals surface area contributed by atoms with Crippen molar-refractivity contribution < 1.29 is 35.6 Å². The Bertz CT molecular complexity index is 1310. The normalized spacial score (nSPS) is 26.4. The number of nitrogens with zero attached hydrogens (tertiary/aromatic N) is 3. The van der Waals surface area contributed by atoms with Crippen molar-refractivity contribution in [3.05, 3.63) is 12.1 Å². The summed E-state index contributed by atoms with van der Waals surface area (Å²) in [7, 11) is 3.32. The van der Waals surface area contributed by atoms with Gasteiger partial charge in [-0.25, -0.2) is 4.98 Å². The number of aromatic nitrogens is 2. The highest BCUT2D eigenvalue weighted by Crippen LogP contribution is 2.33. The highest BCUT2D eigenvalue weighted by molar-refractivity contribution is 5.91. The van der Waals surface area contributed by atoms with Crippen LogP contribution in [0.5, 0.6) is 11.5 Å². The molecular formula is C19H27N5O4. The molecule has 152 valence electrons. The van der Waals surface area contributed by atoms with E-state index in [1.165, 1.54) is 14.2 Å². The SMILES string of the molecule is [2H]c1c(OC)c(OC)c([2H])c2c(N([2H])[2H])nc(N(C)C([2H])([2H])C([2H])([2H])C([2H])([2H])N([2H])C(=O)C3([2H])CCCO3)nc12. The molecule has 2 heterocycles. The highest BCUT2D eigenvalue weighted by atomic mass is 16.5. The number of rotatable bonds is 9. The standard InChI is InChI=1S/C19H27N5O4/c1-24(8-5-7-21-18(25)14-6-4-9-28-14)19-22-13-11-16(27-3)15(26-2)10-12(13)17(20)23-19/h10-11,14H,4-9H2,1-3H3,(H,21,25)(H2,20,22,23)/i5D2,7D2,8D2,10D,11D,14D/hD3. The maximum atomic E-state index is 12.7. The number of hydrogen-bond acceptors (Lipinski definition) is 8. The molecule has 3 N–H and O–H groups in total. The number of anilines is 2. The fourth-order valence-corrected chi connectivity index (χ4v) is 2.38. The lowest BCUT2D eigenvalue weighted by atomic mass is 10.2. The van der Waals surface area contributed by atoms with E-state index >= 15 is 0 Å². The van der Waals surface area contributed by atoms with Gasteiger partial charge in [-0.2, -0.15) is 4.98 Å². The van der Waals surface area contributed by atoms with Crippen LogP contribution in [0.3, 0.4) is 0 Å². The number of methoxy groups -OCH3 is 2. The number of carbonyl (C=O) groups is 1. The fourth-order valence-electron chi connectivity index (χ4n) is 2.38. The molecule has 1 fully saturated rings. The van der Waals surface area contributed by atoms with Gasteiger partial charge in [-0.05, 0) is 25.3 Å². The van der Waals surface area contributed by atoms with E-state index in [-0.39, 0.29) is 47.6 Å². The molecule has 1 aliphatic rings. The van der Waals surface area contributed by atoms with Crippen LogP contribution in [0.1, 0.15) is 31.6 Å². The Hall–Kier alpha value is -2.81. The van der Waals surface area contributed by atoms with Crippen molar-refractivity contribution in [2.24, 2.45) is 0 Å². The molecule has 1 aromatic carbocycles. The van der Waals surface area contributed by atoms with Gasteiger partial charge in [0.05, 0.1) is 23.8 Å². The zero-order valence-electron chi connectivity index (χ0n) is 27.5. The first kappa shape index (κ1) is 9.60. The average Bonchev–Trinajstić information content (AvgIpc) is 3.35. The van der Waals surface area contributed by atoms with E-state index in [2.05, 4.69) is 9.97 Å². The van der Waals surface area contributed by atoms with E-state index in [0.717, 1.165) is 7.05 Å². The molecule has 9 nitrogen and oxygen atoms in total. The van der Waals surface area contributed by atoms with Gasteiger partial charge in [0.15, 0.2) is 15.7 Å². The summed E-state index contributed by atoms with van der Waals surface area (Å²) in [6, 6.07) is -0.930. The first-order valence-electron chi connectivity index (χ1n) is 14.1. The van der Waals surface area contributed by atoms with Crippen LogP contribution in [0, 0.1) is 0 Å². The molecule has 28 heavy (non-hydrogen) atoms. The zero-order valence-corrected chi connectivity index (χ0v) is 15.5. The maximum absolute atomic E-state index is 12.7. The van der Waals surface area contributed by atoms with Crippen LogP contribution in [-0.4, -0.2) is 62.8 Å². The number of amides is 1. The number of carbonyl (C=O) groups excluding carboxylic acids is 1. The predicted molar refractivity (Wildman–Crippen MR) is 107 cm³/mol. The number of hydrogen-bond donors (Lipinski definition) is 2. The van der Waals surface area contributed by atoms with Gasteiger partial charge in [-0.3, -0.25) is 4.79 Å². The van der Waals surface area contributed by atoms with E-state index in [1.807, 2.05) is 0 Å². The van der Waals surface area contributed by atoms with Crippen LogP contribution in [0.2, 0.25) is 4.24 Å². The average molecular weight is 402 g/mol. The summed E-state index contributed by atoms with van der Waals surface area (Å²) in [6.07, 6.45) is -5.92. The number of fused-ring (bicyclic) bond motifs is 1. The van der Waals surface area contributed by atoms with Crippen LogP contribution in [0.25, 0.3) is 10.9 Å². The van der Waals surface area contributed by atoms with Gasteiger partial charge in [0.25, 0.3) is 0 Å². The topological polar surface area (TPSA) is 112 Å². The van der Waals surface area contributed by atoms with Crippen molar-refractivity contribution in [1.82, 2.24) is 15.3 Å².